The van der Waals surface area contributed by atoms with E-state index < -0.39 is 0 Å². The van der Waals surface area contributed by atoms with Crippen molar-refractivity contribution in [1.29, 1.82) is 0 Å². The van der Waals surface area contributed by atoms with Crippen molar-refractivity contribution in [3.63, 3.8) is 0 Å². The van der Waals surface area contributed by atoms with Gasteiger partial charge in [0.05, 0.1) is 27.9 Å². The second-order valence-electron chi connectivity index (χ2n) is 7.18. The molecule has 0 amide bonds. The molecule has 0 bridgehead atoms. The maximum absolute atomic E-state index is 6.12. The Kier molecular flexibility index (Phi) is 8.58. The third-order valence-electron chi connectivity index (χ3n) is 4.75. The molecule has 1 aliphatic heterocycles. The predicted octanol–water partition coefficient (Wildman–Crippen LogP) is 3.40. The van der Waals surface area contributed by atoms with E-state index in [-0.39, 0.29) is 63.6 Å². The van der Waals surface area contributed by atoms with Crippen molar-refractivity contribution in [2.24, 2.45) is 0 Å². The Morgan fingerprint density at radius 3 is 2.30 bits per heavy atom. The number of benzene rings is 2. The molecule has 0 radical (unpaired) electrons. The van der Waals surface area contributed by atoms with Gasteiger partial charge in [-0.05, 0) is 49.9 Å². The van der Waals surface area contributed by atoms with Gasteiger partial charge in [-0.1, -0.05) is 47.2 Å². The van der Waals surface area contributed by atoms with E-state index in [9.17, 15) is 0 Å². The molecule has 2 aromatic carbocycles. The molecule has 2 unspecified atom stereocenters. The van der Waals surface area contributed by atoms with E-state index in [2.05, 4.69) is 46.2 Å². The first kappa shape index (κ1) is 23.9. The summed E-state index contributed by atoms with van der Waals surface area (Å²) in [5.74, 6) is 0.586. The molecule has 3 aromatic rings. The Bertz CT molecular complexity index is 993. The molecule has 1 fully saturated rings. The average Bonchev–Trinajstić information content (AvgIpc) is 2.70. The predicted molar refractivity (Wildman–Crippen MR) is 119 cm³/mol. The topological polar surface area (TPSA) is 52.4 Å². The Balaban J connectivity index is 0.00000256. The summed E-state index contributed by atoms with van der Waals surface area (Å²) < 4.78 is 5.81. The van der Waals surface area contributed by atoms with Crippen LogP contribution < -0.4 is 56.3 Å². The van der Waals surface area contributed by atoms with Crippen LogP contribution in [0.3, 0.4) is 0 Å². The number of anilines is 1. The van der Waals surface area contributed by atoms with E-state index in [4.69, 9.17) is 27.9 Å². The molecule has 0 saturated carbocycles. The Hall–Kier alpha value is -0.704. The van der Waals surface area contributed by atoms with Gasteiger partial charge < -0.3 is 19.9 Å². The second-order valence-corrected chi connectivity index (χ2v) is 8.00. The van der Waals surface area contributed by atoms with Crippen LogP contribution in [0.25, 0.3) is 16.6 Å². The summed E-state index contributed by atoms with van der Waals surface area (Å²) in [6, 6.07) is 15.4. The third-order valence-corrected chi connectivity index (χ3v) is 5.49. The number of ether oxygens (including phenoxy) is 1. The van der Waals surface area contributed by atoms with Gasteiger partial charge in [-0.25, -0.2) is 0 Å². The molecule has 5 nitrogen and oxygen atoms in total. The van der Waals surface area contributed by atoms with Crippen LogP contribution in [0.4, 0.5) is 17.2 Å². The van der Waals surface area contributed by atoms with Crippen LogP contribution in [0, 0.1) is 0 Å². The summed E-state index contributed by atoms with van der Waals surface area (Å²) in [5.41, 5.74) is 3.61. The van der Waals surface area contributed by atoms with Gasteiger partial charge in [-0.15, -0.1) is 0 Å². The minimum absolute atomic E-state index is 0. The van der Waals surface area contributed by atoms with Crippen molar-refractivity contribution in [1.82, 2.24) is 9.97 Å². The summed E-state index contributed by atoms with van der Waals surface area (Å²) in [7, 11) is 0. The van der Waals surface area contributed by atoms with Crippen LogP contribution in [-0.2, 0) is 4.74 Å². The van der Waals surface area contributed by atoms with E-state index in [1.807, 2.05) is 24.3 Å². The van der Waals surface area contributed by atoms with E-state index in [0.29, 0.717) is 15.9 Å². The van der Waals surface area contributed by atoms with Crippen LogP contribution in [0.1, 0.15) is 13.8 Å². The minimum atomic E-state index is 0. The van der Waals surface area contributed by atoms with Gasteiger partial charge >= 0.3 is 51.4 Å². The molecule has 4 rings (SSSR count). The molecular weight excluding hydrogens is 446 g/mol. The Morgan fingerprint density at radius 1 is 0.933 bits per heavy atom. The number of hydrogen-bond acceptors (Lipinski definition) is 4. The van der Waals surface area contributed by atoms with E-state index >= 15 is 0 Å². The third kappa shape index (κ3) is 5.96. The molecule has 150 valence electrons. The van der Waals surface area contributed by atoms with Gasteiger partial charge in [-0.3, -0.25) is 4.98 Å². The normalized spacial score (nSPS) is 18.6. The molecule has 0 N–H and O–H groups in total. The molecular formula is C22H21Cl2KN4O. The first-order valence-corrected chi connectivity index (χ1v) is 10.2. The maximum atomic E-state index is 6.12. The summed E-state index contributed by atoms with van der Waals surface area (Å²) in [4.78, 5) is 10.9. The molecule has 8 heteroatoms. The zero-order valence-corrected chi connectivity index (χ0v) is 21.9. The first-order chi connectivity index (χ1) is 14.0. The Labute approximate surface area is 229 Å². The van der Waals surface area contributed by atoms with Crippen molar-refractivity contribution in [2.75, 3.05) is 18.0 Å². The zero-order valence-electron chi connectivity index (χ0n) is 17.2. The quantitative estimate of drug-likeness (QED) is 0.552. The molecule has 30 heavy (non-hydrogen) atoms. The summed E-state index contributed by atoms with van der Waals surface area (Å²) in [6.07, 6.45) is 1.95. The minimum Gasteiger partial charge on any atom is -0.436 e. The first-order valence-electron chi connectivity index (χ1n) is 9.47. The van der Waals surface area contributed by atoms with Gasteiger partial charge in [0.15, 0.2) is 0 Å². The van der Waals surface area contributed by atoms with Crippen molar-refractivity contribution in [3.05, 3.63) is 70.2 Å². The number of hydrogen-bond donors (Lipinski definition) is 0. The maximum Gasteiger partial charge on any atom is 1.00 e. The SMILES string of the molecule is CC1CN(c2ccc([N-]c3cc(-c4ccc(Cl)c(Cl)c4)ncn3)cc2)CC(C)O1.[K+]. The van der Waals surface area contributed by atoms with Gasteiger partial charge in [0.1, 0.15) is 0 Å². The molecule has 1 aliphatic rings. The van der Waals surface area contributed by atoms with Crippen molar-refractivity contribution >= 4 is 40.4 Å². The largest absolute Gasteiger partial charge is 1.00 e. The van der Waals surface area contributed by atoms with Crippen LogP contribution >= 0.6 is 23.2 Å². The standard InChI is InChI=1S/C22H21Cl2N4O.K/c1-14-11-28(12-15(2)29-14)18-6-4-17(5-7-18)27-22-10-21(25-13-26-22)16-3-8-19(23)20(24)9-16;/h3-10,13-15H,11-12H2,1-2H3;/q-1;+1. The molecule has 1 saturated heterocycles. The molecule has 2 atom stereocenters. The fourth-order valence-electron chi connectivity index (χ4n) is 3.48. The summed E-state index contributed by atoms with van der Waals surface area (Å²) >= 11 is 12.1. The summed E-state index contributed by atoms with van der Waals surface area (Å²) in [5, 5.41) is 5.63. The molecule has 0 spiro atoms. The monoisotopic (exact) mass is 466 g/mol. The molecule has 0 aliphatic carbocycles. The number of halogens is 2. The van der Waals surface area contributed by atoms with Crippen LogP contribution in [0.15, 0.2) is 54.9 Å². The smallest absolute Gasteiger partial charge is 0.436 e. The van der Waals surface area contributed by atoms with Gasteiger partial charge in [-0.2, -0.15) is 0 Å². The second kappa shape index (κ2) is 10.7. The van der Waals surface area contributed by atoms with Gasteiger partial charge in [0, 0.05) is 30.7 Å². The fourth-order valence-corrected chi connectivity index (χ4v) is 3.78. The number of rotatable bonds is 4. The van der Waals surface area contributed by atoms with Gasteiger partial charge in [0.2, 0.25) is 0 Å². The fraction of sp³-hybridized carbons (Fsp3) is 0.273. The average molecular weight is 467 g/mol. The van der Waals surface area contributed by atoms with Crippen LogP contribution in [0.5, 0.6) is 0 Å². The number of aromatic nitrogens is 2. The summed E-state index contributed by atoms with van der Waals surface area (Å²) in [6.45, 7) is 5.99. The zero-order chi connectivity index (χ0) is 20.4. The van der Waals surface area contributed by atoms with Crippen LogP contribution in [-0.4, -0.2) is 35.3 Å². The molecule has 2 heterocycles. The number of morpholine rings is 1. The Morgan fingerprint density at radius 2 is 1.63 bits per heavy atom. The molecule has 1 aromatic heterocycles. The van der Waals surface area contributed by atoms with E-state index in [1.165, 1.54) is 12.0 Å². The van der Waals surface area contributed by atoms with Crippen molar-refractivity contribution in [3.8, 4) is 11.3 Å². The van der Waals surface area contributed by atoms with Crippen LogP contribution in [0.2, 0.25) is 10.0 Å². The van der Waals surface area contributed by atoms with Crippen molar-refractivity contribution < 1.29 is 56.1 Å². The van der Waals surface area contributed by atoms with E-state index in [1.54, 1.807) is 12.1 Å². The van der Waals surface area contributed by atoms with E-state index in [0.717, 1.165) is 30.0 Å². The number of nitrogens with zero attached hydrogens (tertiary/aromatic N) is 4. The van der Waals surface area contributed by atoms with Crippen molar-refractivity contribution in [2.45, 2.75) is 26.1 Å². The van der Waals surface area contributed by atoms with Gasteiger partial charge in [0.25, 0.3) is 0 Å².